The van der Waals surface area contributed by atoms with E-state index >= 15 is 0 Å². The number of aromatic nitrogens is 2. The van der Waals surface area contributed by atoms with Crippen LogP contribution in [-0.4, -0.2) is 35.5 Å². The van der Waals surface area contributed by atoms with Crippen molar-refractivity contribution in [1.29, 1.82) is 0 Å². The number of nitrogens with zero attached hydrogens (tertiary/aromatic N) is 3. The summed E-state index contributed by atoms with van der Waals surface area (Å²) in [7, 11) is 0. The summed E-state index contributed by atoms with van der Waals surface area (Å²) in [6.07, 6.45) is 4.04. The Balaban J connectivity index is 2.01. The summed E-state index contributed by atoms with van der Waals surface area (Å²) in [5.74, 6) is 0.987. The van der Waals surface area contributed by atoms with Crippen molar-refractivity contribution in [2.24, 2.45) is 5.92 Å². The van der Waals surface area contributed by atoms with E-state index in [0.717, 1.165) is 30.8 Å². The van der Waals surface area contributed by atoms with Crippen molar-refractivity contribution in [2.75, 3.05) is 29.9 Å². The quantitative estimate of drug-likeness (QED) is 0.695. The van der Waals surface area contributed by atoms with Gasteiger partial charge in [-0.1, -0.05) is 13.8 Å². The summed E-state index contributed by atoms with van der Waals surface area (Å²) in [4.78, 5) is 22.9. The number of carbonyl (C=O) groups is 1. The lowest BCUT2D eigenvalue weighted by Crippen LogP contribution is -2.26. The van der Waals surface area contributed by atoms with E-state index in [1.54, 1.807) is 6.20 Å². The van der Waals surface area contributed by atoms with E-state index in [9.17, 15) is 4.79 Å². The van der Waals surface area contributed by atoms with Crippen molar-refractivity contribution in [2.45, 2.75) is 41.0 Å². The Labute approximate surface area is 162 Å². The molecule has 0 atom stereocenters. The lowest BCUT2D eigenvalue weighted by Gasteiger charge is -2.22. The first-order chi connectivity index (χ1) is 12.9. The third-order valence-corrected chi connectivity index (χ3v) is 4.49. The number of anilines is 3. The highest BCUT2D eigenvalue weighted by Crippen LogP contribution is 2.24. The van der Waals surface area contributed by atoms with Gasteiger partial charge in [0.1, 0.15) is 11.5 Å². The van der Waals surface area contributed by atoms with E-state index in [1.807, 2.05) is 0 Å². The van der Waals surface area contributed by atoms with E-state index in [4.69, 9.17) is 0 Å². The average Bonchev–Trinajstić information content (AvgIpc) is 2.65. The smallest absolute Gasteiger partial charge is 0.271 e. The highest BCUT2D eigenvalue weighted by atomic mass is 16.1. The molecule has 1 aromatic heterocycles. The Morgan fingerprint density at radius 1 is 1.15 bits per heavy atom. The fraction of sp³-hybridized carbons (Fsp3) is 0.476. The van der Waals surface area contributed by atoms with Crippen molar-refractivity contribution < 1.29 is 4.79 Å². The first kappa shape index (κ1) is 20.7. The zero-order valence-corrected chi connectivity index (χ0v) is 17.0. The second-order valence-corrected chi connectivity index (χ2v) is 7.02. The molecule has 0 fully saturated rings. The van der Waals surface area contributed by atoms with E-state index in [0.29, 0.717) is 24.0 Å². The molecule has 1 heterocycles. The molecule has 0 spiro atoms. The van der Waals surface area contributed by atoms with Crippen LogP contribution in [0.15, 0.2) is 30.6 Å². The summed E-state index contributed by atoms with van der Waals surface area (Å²) in [6, 6.07) is 6.32. The Hall–Kier alpha value is -2.63. The highest BCUT2D eigenvalue weighted by molar-refractivity contribution is 5.92. The highest BCUT2D eigenvalue weighted by Gasteiger charge is 2.09. The van der Waals surface area contributed by atoms with Crippen molar-refractivity contribution in [3.05, 3.63) is 41.9 Å². The molecule has 146 valence electrons. The molecule has 0 saturated carbocycles. The minimum absolute atomic E-state index is 0.186. The predicted octanol–water partition coefficient (Wildman–Crippen LogP) is 4.15. The van der Waals surface area contributed by atoms with Crippen LogP contribution in [0.25, 0.3) is 0 Å². The van der Waals surface area contributed by atoms with Crippen LogP contribution < -0.4 is 15.5 Å². The van der Waals surface area contributed by atoms with Gasteiger partial charge in [0.25, 0.3) is 5.91 Å². The molecule has 2 aromatic rings. The number of hydrogen-bond acceptors (Lipinski definition) is 5. The first-order valence-electron chi connectivity index (χ1n) is 9.67. The van der Waals surface area contributed by atoms with Crippen molar-refractivity contribution in [3.8, 4) is 0 Å². The van der Waals surface area contributed by atoms with Gasteiger partial charge in [-0.05, 0) is 56.9 Å². The van der Waals surface area contributed by atoms with Crippen molar-refractivity contribution in [3.63, 3.8) is 0 Å². The minimum atomic E-state index is -0.186. The Kier molecular flexibility index (Phi) is 7.58. The largest absolute Gasteiger partial charge is 0.372 e. The SMILES string of the molecule is CCN(CC)c1ccc(Nc2cnc(C(=O)NCCC(C)C)cn2)c(C)c1. The molecule has 0 saturated heterocycles. The van der Waals surface area contributed by atoms with Gasteiger partial charge in [-0.2, -0.15) is 0 Å². The Morgan fingerprint density at radius 3 is 2.44 bits per heavy atom. The number of amides is 1. The predicted molar refractivity (Wildman–Crippen MR) is 112 cm³/mol. The van der Waals surface area contributed by atoms with Gasteiger partial charge in [0.05, 0.1) is 12.4 Å². The van der Waals surface area contributed by atoms with Gasteiger partial charge >= 0.3 is 0 Å². The third-order valence-electron chi connectivity index (χ3n) is 4.49. The number of rotatable bonds is 9. The summed E-state index contributed by atoms with van der Waals surface area (Å²) < 4.78 is 0. The third kappa shape index (κ3) is 5.94. The molecule has 0 aliphatic rings. The van der Waals surface area contributed by atoms with Crippen LogP contribution in [0.5, 0.6) is 0 Å². The second kappa shape index (κ2) is 9.90. The zero-order valence-electron chi connectivity index (χ0n) is 17.0. The first-order valence-corrected chi connectivity index (χ1v) is 9.67. The molecule has 6 nitrogen and oxygen atoms in total. The van der Waals surface area contributed by atoms with Gasteiger partial charge in [0, 0.05) is 31.0 Å². The van der Waals surface area contributed by atoms with Crippen LogP contribution in [0, 0.1) is 12.8 Å². The normalized spacial score (nSPS) is 10.7. The molecule has 0 aliphatic carbocycles. The molecule has 1 aromatic carbocycles. The van der Waals surface area contributed by atoms with Gasteiger partial charge < -0.3 is 15.5 Å². The van der Waals surface area contributed by atoms with Gasteiger partial charge in [-0.25, -0.2) is 9.97 Å². The topological polar surface area (TPSA) is 70.2 Å². The number of benzene rings is 1. The zero-order chi connectivity index (χ0) is 19.8. The fourth-order valence-corrected chi connectivity index (χ4v) is 2.79. The van der Waals surface area contributed by atoms with E-state index in [-0.39, 0.29) is 5.91 Å². The van der Waals surface area contributed by atoms with Gasteiger partial charge in [-0.15, -0.1) is 0 Å². The molecule has 27 heavy (non-hydrogen) atoms. The summed E-state index contributed by atoms with van der Waals surface area (Å²) >= 11 is 0. The molecule has 2 rings (SSSR count). The maximum Gasteiger partial charge on any atom is 0.271 e. The van der Waals surface area contributed by atoms with E-state index in [1.165, 1.54) is 11.9 Å². The van der Waals surface area contributed by atoms with Crippen LogP contribution in [0.2, 0.25) is 0 Å². The minimum Gasteiger partial charge on any atom is -0.372 e. The maximum atomic E-state index is 12.1. The lowest BCUT2D eigenvalue weighted by atomic mass is 10.1. The standard InChI is InChI=1S/C21H31N5O/c1-6-26(7-2)17-8-9-18(16(5)12-17)25-20-14-23-19(13-24-20)21(27)22-11-10-15(3)4/h8-9,12-15H,6-7,10-11H2,1-5H3,(H,22,27)(H,24,25). The number of carbonyl (C=O) groups excluding carboxylic acids is 1. The summed E-state index contributed by atoms with van der Waals surface area (Å²) in [5, 5.41) is 6.14. The van der Waals surface area contributed by atoms with E-state index < -0.39 is 0 Å². The lowest BCUT2D eigenvalue weighted by molar-refractivity contribution is 0.0946. The summed E-state index contributed by atoms with van der Waals surface area (Å²) in [6.45, 7) is 13.2. The van der Waals surface area contributed by atoms with Gasteiger partial charge in [-0.3, -0.25) is 4.79 Å². The fourth-order valence-electron chi connectivity index (χ4n) is 2.79. The monoisotopic (exact) mass is 369 g/mol. The van der Waals surface area contributed by atoms with Crippen LogP contribution in [0.3, 0.4) is 0 Å². The van der Waals surface area contributed by atoms with Gasteiger partial charge in [0.15, 0.2) is 0 Å². The molecule has 0 bridgehead atoms. The van der Waals surface area contributed by atoms with Crippen LogP contribution >= 0.6 is 0 Å². The molecule has 6 heteroatoms. The number of hydrogen-bond donors (Lipinski definition) is 2. The molecule has 0 aliphatic heterocycles. The molecule has 2 N–H and O–H groups in total. The summed E-state index contributed by atoms with van der Waals surface area (Å²) in [5.41, 5.74) is 3.66. The van der Waals surface area contributed by atoms with Crippen LogP contribution in [-0.2, 0) is 0 Å². The molecule has 0 radical (unpaired) electrons. The average molecular weight is 370 g/mol. The molecular weight excluding hydrogens is 338 g/mol. The Morgan fingerprint density at radius 2 is 1.89 bits per heavy atom. The van der Waals surface area contributed by atoms with Crippen molar-refractivity contribution in [1.82, 2.24) is 15.3 Å². The van der Waals surface area contributed by atoms with Gasteiger partial charge in [0.2, 0.25) is 0 Å². The van der Waals surface area contributed by atoms with Crippen LogP contribution in [0.4, 0.5) is 17.2 Å². The maximum absolute atomic E-state index is 12.1. The van der Waals surface area contributed by atoms with E-state index in [2.05, 4.69) is 78.3 Å². The second-order valence-electron chi connectivity index (χ2n) is 7.02. The number of aryl methyl sites for hydroxylation is 1. The van der Waals surface area contributed by atoms with Crippen LogP contribution in [0.1, 0.15) is 50.2 Å². The molecule has 0 unspecified atom stereocenters. The molecular formula is C21H31N5O. The molecule has 1 amide bonds. The van der Waals surface area contributed by atoms with Crippen molar-refractivity contribution >= 4 is 23.1 Å². The number of nitrogens with one attached hydrogen (secondary N) is 2. The Bertz CT molecular complexity index is 739.